The Morgan fingerprint density at radius 3 is 2.38 bits per heavy atom. The molecule has 5 heteroatoms. The molecule has 0 aromatic heterocycles. The maximum absolute atomic E-state index is 12.7. The minimum absolute atomic E-state index is 0.0114. The van der Waals surface area contributed by atoms with Crippen LogP contribution in [-0.2, 0) is 14.4 Å². The van der Waals surface area contributed by atoms with E-state index in [-0.39, 0.29) is 36.2 Å². The molecule has 1 aromatic rings. The van der Waals surface area contributed by atoms with Gasteiger partial charge in [-0.2, -0.15) is 0 Å². The highest BCUT2D eigenvalue weighted by Crippen LogP contribution is 2.40. The predicted octanol–water partition coefficient (Wildman–Crippen LogP) is 2.73. The third kappa shape index (κ3) is 2.95. The van der Waals surface area contributed by atoms with Gasteiger partial charge in [0.15, 0.2) is 0 Å². The van der Waals surface area contributed by atoms with Gasteiger partial charge in [-0.05, 0) is 44.2 Å². The maximum atomic E-state index is 12.7. The molecule has 0 spiro atoms. The summed E-state index contributed by atoms with van der Waals surface area (Å²) in [4.78, 5) is 40.2. The number of aryl methyl sites for hydroxylation is 1. The highest BCUT2D eigenvalue weighted by Gasteiger charge is 2.49. The Morgan fingerprint density at radius 2 is 1.75 bits per heavy atom. The maximum Gasteiger partial charge on any atom is 0.234 e. The van der Waals surface area contributed by atoms with Crippen molar-refractivity contribution in [2.45, 2.75) is 40.0 Å². The molecule has 3 atom stereocenters. The highest BCUT2D eigenvalue weighted by molar-refractivity contribution is 6.06. The number of carbonyl (C=O) groups is 3. The average Bonchev–Trinajstić information content (AvgIpc) is 2.77. The number of amides is 3. The average molecular weight is 328 g/mol. The van der Waals surface area contributed by atoms with Crippen molar-refractivity contribution in [2.24, 2.45) is 17.8 Å². The summed E-state index contributed by atoms with van der Waals surface area (Å²) in [7, 11) is 0. The van der Waals surface area contributed by atoms with E-state index in [1.807, 2.05) is 31.2 Å². The van der Waals surface area contributed by atoms with Gasteiger partial charge in [0.05, 0.1) is 11.8 Å². The summed E-state index contributed by atoms with van der Waals surface area (Å²) in [5, 5.41) is 0. The molecule has 5 nitrogen and oxygen atoms in total. The van der Waals surface area contributed by atoms with E-state index >= 15 is 0 Å². The molecule has 24 heavy (non-hydrogen) atoms. The van der Waals surface area contributed by atoms with Gasteiger partial charge in [-0.1, -0.05) is 24.6 Å². The van der Waals surface area contributed by atoms with E-state index in [9.17, 15) is 14.4 Å². The lowest BCUT2D eigenvalue weighted by Gasteiger charge is -2.26. The Kier molecular flexibility index (Phi) is 4.43. The molecular weight excluding hydrogens is 304 g/mol. The van der Waals surface area contributed by atoms with E-state index in [4.69, 9.17) is 0 Å². The molecule has 2 aliphatic rings. The van der Waals surface area contributed by atoms with Gasteiger partial charge in [0, 0.05) is 12.6 Å². The summed E-state index contributed by atoms with van der Waals surface area (Å²) in [6.45, 7) is 5.57. The number of hydrogen-bond donors (Lipinski definition) is 0. The number of imide groups is 1. The number of hydrogen-bond acceptors (Lipinski definition) is 3. The van der Waals surface area contributed by atoms with Crippen molar-refractivity contribution in [2.75, 3.05) is 11.6 Å². The fourth-order valence-electron chi connectivity index (χ4n) is 3.83. The van der Waals surface area contributed by atoms with Crippen LogP contribution in [0.15, 0.2) is 24.3 Å². The van der Waals surface area contributed by atoms with Gasteiger partial charge >= 0.3 is 0 Å². The van der Waals surface area contributed by atoms with Crippen molar-refractivity contribution in [1.29, 1.82) is 0 Å². The van der Waals surface area contributed by atoms with Crippen LogP contribution in [0.4, 0.5) is 5.69 Å². The lowest BCUT2D eigenvalue weighted by Crippen LogP contribution is -2.44. The highest BCUT2D eigenvalue weighted by atomic mass is 16.2. The predicted molar refractivity (Wildman–Crippen MR) is 91.1 cm³/mol. The normalized spacial score (nSPS) is 26.5. The first-order valence-corrected chi connectivity index (χ1v) is 8.58. The number of fused-ring (bicyclic) bond motifs is 1. The van der Waals surface area contributed by atoms with Crippen LogP contribution < -0.4 is 4.90 Å². The fourth-order valence-corrected chi connectivity index (χ4v) is 3.83. The van der Waals surface area contributed by atoms with Gasteiger partial charge in [-0.25, -0.2) is 0 Å². The zero-order valence-corrected chi connectivity index (χ0v) is 14.5. The number of rotatable bonds is 3. The van der Waals surface area contributed by atoms with Crippen molar-refractivity contribution >= 4 is 23.4 Å². The Labute approximate surface area is 142 Å². The number of likely N-dealkylation sites (tertiary alicyclic amines) is 1. The second-order valence-electron chi connectivity index (χ2n) is 7.16. The standard InChI is InChI=1S/C19H24N2O3/c1-12-4-7-15(8-5-12)20(14(3)22)11-21-18(23)16-9-6-13(2)10-17(16)19(21)24/h4-5,7-8,13,16-17H,6,9-11H2,1-3H3/t13-,16-,17+/m1/s1. The van der Waals surface area contributed by atoms with Crippen molar-refractivity contribution in [3.8, 4) is 0 Å². The topological polar surface area (TPSA) is 57.7 Å². The van der Waals surface area contributed by atoms with Crippen LogP contribution in [0.5, 0.6) is 0 Å². The minimum atomic E-state index is -0.201. The van der Waals surface area contributed by atoms with E-state index in [0.29, 0.717) is 11.6 Å². The van der Waals surface area contributed by atoms with Crippen molar-refractivity contribution in [1.82, 2.24) is 4.90 Å². The molecule has 128 valence electrons. The second-order valence-corrected chi connectivity index (χ2v) is 7.16. The Bertz CT molecular complexity index is 668. The largest absolute Gasteiger partial charge is 0.294 e. The van der Waals surface area contributed by atoms with Crippen LogP contribution in [-0.4, -0.2) is 29.3 Å². The van der Waals surface area contributed by atoms with E-state index in [1.165, 1.54) is 16.7 Å². The van der Waals surface area contributed by atoms with Crippen LogP contribution in [0.1, 0.15) is 38.7 Å². The van der Waals surface area contributed by atoms with E-state index in [1.54, 1.807) is 0 Å². The quantitative estimate of drug-likeness (QED) is 0.802. The third-order valence-electron chi connectivity index (χ3n) is 5.29. The van der Waals surface area contributed by atoms with Gasteiger partial charge in [-0.15, -0.1) is 0 Å². The molecule has 0 N–H and O–H groups in total. The lowest BCUT2D eigenvalue weighted by molar-refractivity contribution is -0.140. The smallest absolute Gasteiger partial charge is 0.234 e. The van der Waals surface area contributed by atoms with E-state index in [0.717, 1.165) is 24.8 Å². The third-order valence-corrected chi connectivity index (χ3v) is 5.29. The van der Waals surface area contributed by atoms with Crippen molar-refractivity contribution in [3.63, 3.8) is 0 Å². The number of carbonyl (C=O) groups excluding carboxylic acids is 3. The summed E-state index contributed by atoms with van der Waals surface area (Å²) in [6.07, 6.45) is 2.54. The zero-order valence-electron chi connectivity index (χ0n) is 14.5. The molecule has 1 aromatic carbocycles. The van der Waals surface area contributed by atoms with Crippen molar-refractivity contribution in [3.05, 3.63) is 29.8 Å². The fraction of sp³-hybridized carbons (Fsp3) is 0.526. The zero-order chi connectivity index (χ0) is 17.4. The number of anilines is 1. The molecule has 2 fully saturated rings. The number of nitrogens with zero attached hydrogens (tertiary/aromatic N) is 2. The number of benzene rings is 1. The SMILES string of the molecule is CC(=O)N(CN1C(=O)[C@H]2C[C@H](C)CC[C@H]2C1=O)c1ccc(C)cc1. The Balaban J connectivity index is 1.82. The first-order chi connectivity index (χ1) is 11.4. The summed E-state index contributed by atoms with van der Waals surface area (Å²) >= 11 is 0. The monoisotopic (exact) mass is 328 g/mol. The molecule has 0 bridgehead atoms. The molecule has 0 radical (unpaired) electrons. The summed E-state index contributed by atoms with van der Waals surface area (Å²) in [5.74, 6) is -0.328. The summed E-state index contributed by atoms with van der Waals surface area (Å²) < 4.78 is 0. The van der Waals surface area contributed by atoms with Gasteiger partial charge < -0.3 is 0 Å². The second kappa shape index (κ2) is 6.38. The lowest BCUT2D eigenvalue weighted by atomic mass is 9.76. The Hall–Kier alpha value is -2.17. The summed E-state index contributed by atoms with van der Waals surface area (Å²) in [6, 6.07) is 7.52. The van der Waals surface area contributed by atoms with Crippen LogP contribution in [0.2, 0.25) is 0 Å². The van der Waals surface area contributed by atoms with Crippen LogP contribution in [0, 0.1) is 24.7 Å². The Morgan fingerprint density at radius 1 is 1.12 bits per heavy atom. The van der Waals surface area contributed by atoms with E-state index in [2.05, 4.69) is 6.92 Å². The molecule has 3 rings (SSSR count). The van der Waals surface area contributed by atoms with Crippen LogP contribution in [0.3, 0.4) is 0 Å². The molecule has 0 unspecified atom stereocenters. The molecule has 3 amide bonds. The van der Waals surface area contributed by atoms with Gasteiger partial charge in [0.2, 0.25) is 17.7 Å². The van der Waals surface area contributed by atoms with Crippen molar-refractivity contribution < 1.29 is 14.4 Å². The first kappa shape index (κ1) is 16.7. The molecule has 1 saturated heterocycles. The van der Waals surface area contributed by atoms with E-state index < -0.39 is 0 Å². The minimum Gasteiger partial charge on any atom is -0.294 e. The van der Waals surface area contributed by atoms with Gasteiger partial charge in [0.25, 0.3) is 0 Å². The van der Waals surface area contributed by atoms with Crippen LogP contribution in [0.25, 0.3) is 0 Å². The van der Waals surface area contributed by atoms with Gasteiger partial charge in [-0.3, -0.25) is 24.2 Å². The summed E-state index contributed by atoms with van der Waals surface area (Å²) in [5.41, 5.74) is 1.80. The molecule has 1 heterocycles. The molecular formula is C19H24N2O3. The first-order valence-electron chi connectivity index (χ1n) is 8.58. The van der Waals surface area contributed by atoms with Gasteiger partial charge in [0.1, 0.15) is 6.67 Å². The van der Waals surface area contributed by atoms with Crippen LogP contribution >= 0.6 is 0 Å². The molecule has 1 saturated carbocycles. The molecule has 1 aliphatic carbocycles. The molecule has 1 aliphatic heterocycles.